The third kappa shape index (κ3) is 11.0. The highest BCUT2D eigenvalue weighted by Gasteiger charge is 2.32. The topological polar surface area (TPSA) is 26.0 Å². The van der Waals surface area contributed by atoms with Crippen LogP contribution in [-0.2, 0) is 0 Å². The number of hydrogen-bond donors (Lipinski definition) is 1. The standard InChI is InChI=1S/C22H45N/c1-5-9-12-13-14-15-16-18-21(17-8-4)22(23,19-10-6-2)20-11-7-3/h8,21H,4-7,9-20,23H2,1-3H3. The van der Waals surface area contributed by atoms with E-state index in [2.05, 4.69) is 33.4 Å². The molecule has 0 aromatic rings. The molecule has 1 heteroatoms. The minimum atomic E-state index is 0.0441. The Kier molecular flexibility index (Phi) is 15.0. The molecule has 0 fully saturated rings. The summed E-state index contributed by atoms with van der Waals surface area (Å²) >= 11 is 0. The SMILES string of the molecule is C=CCC(CCCCCCCCC)C(N)(CCCC)CCCC. The molecule has 1 unspecified atom stereocenters. The van der Waals surface area contributed by atoms with E-state index in [1.165, 1.54) is 89.9 Å². The van der Waals surface area contributed by atoms with Crippen LogP contribution in [0.5, 0.6) is 0 Å². The third-order valence-corrected chi connectivity index (χ3v) is 5.41. The zero-order valence-electron chi connectivity index (χ0n) is 16.5. The number of allylic oxidation sites excluding steroid dienone is 1. The molecular formula is C22H45N. The molecule has 0 spiro atoms. The maximum absolute atomic E-state index is 6.93. The summed E-state index contributed by atoms with van der Waals surface area (Å²) in [6, 6.07) is 0. The van der Waals surface area contributed by atoms with Gasteiger partial charge in [-0.05, 0) is 31.6 Å². The Morgan fingerprint density at radius 1 is 0.783 bits per heavy atom. The Labute approximate surface area is 147 Å². The van der Waals surface area contributed by atoms with Crippen molar-refractivity contribution in [2.75, 3.05) is 0 Å². The van der Waals surface area contributed by atoms with E-state index in [0.29, 0.717) is 5.92 Å². The molecule has 1 nitrogen and oxygen atoms in total. The average Bonchev–Trinajstić information content (AvgIpc) is 2.56. The lowest BCUT2D eigenvalue weighted by Gasteiger charge is -2.38. The van der Waals surface area contributed by atoms with Crippen LogP contribution in [0.25, 0.3) is 0 Å². The molecule has 0 aliphatic carbocycles. The van der Waals surface area contributed by atoms with Crippen molar-refractivity contribution in [3.05, 3.63) is 12.7 Å². The fraction of sp³-hybridized carbons (Fsp3) is 0.909. The van der Waals surface area contributed by atoms with Crippen LogP contribution in [0.15, 0.2) is 12.7 Å². The summed E-state index contributed by atoms with van der Waals surface area (Å²) < 4.78 is 0. The van der Waals surface area contributed by atoms with Crippen LogP contribution in [0.2, 0.25) is 0 Å². The van der Waals surface area contributed by atoms with Gasteiger partial charge in [-0.2, -0.15) is 0 Å². The van der Waals surface area contributed by atoms with E-state index in [-0.39, 0.29) is 5.54 Å². The summed E-state index contributed by atoms with van der Waals surface area (Å²) in [6.07, 6.45) is 21.6. The summed E-state index contributed by atoms with van der Waals surface area (Å²) in [5, 5.41) is 0. The lowest BCUT2D eigenvalue weighted by Crippen LogP contribution is -2.47. The molecule has 0 aliphatic heterocycles. The van der Waals surface area contributed by atoms with E-state index in [0.717, 1.165) is 6.42 Å². The van der Waals surface area contributed by atoms with E-state index in [4.69, 9.17) is 5.73 Å². The molecule has 0 aliphatic rings. The normalized spacial score (nSPS) is 13.2. The van der Waals surface area contributed by atoms with Gasteiger partial charge in [0.25, 0.3) is 0 Å². The highest BCUT2D eigenvalue weighted by Crippen LogP contribution is 2.33. The lowest BCUT2D eigenvalue weighted by molar-refractivity contribution is 0.208. The summed E-state index contributed by atoms with van der Waals surface area (Å²) in [6.45, 7) is 10.8. The number of unbranched alkanes of at least 4 members (excludes halogenated alkanes) is 8. The summed E-state index contributed by atoms with van der Waals surface area (Å²) in [7, 11) is 0. The highest BCUT2D eigenvalue weighted by atomic mass is 14.8. The Morgan fingerprint density at radius 2 is 1.26 bits per heavy atom. The molecule has 0 heterocycles. The van der Waals surface area contributed by atoms with Crippen LogP contribution >= 0.6 is 0 Å². The quantitative estimate of drug-likeness (QED) is 0.219. The predicted molar refractivity (Wildman–Crippen MR) is 107 cm³/mol. The van der Waals surface area contributed by atoms with Gasteiger partial charge in [0, 0.05) is 5.54 Å². The number of nitrogens with two attached hydrogens (primary N) is 1. The Bertz CT molecular complexity index is 251. The number of hydrogen-bond acceptors (Lipinski definition) is 1. The molecule has 23 heavy (non-hydrogen) atoms. The zero-order valence-corrected chi connectivity index (χ0v) is 16.5. The fourth-order valence-corrected chi connectivity index (χ4v) is 3.73. The van der Waals surface area contributed by atoms with Crippen molar-refractivity contribution in [2.45, 2.75) is 123 Å². The Hall–Kier alpha value is -0.300. The minimum Gasteiger partial charge on any atom is -0.325 e. The van der Waals surface area contributed by atoms with Crippen LogP contribution in [0.4, 0.5) is 0 Å². The van der Waals surface area contributed by atoms with Crippen LogP contribution < -0.4 is 5.73 Å². The van der Waals surface area contributed by atoms with Crippen molar-refractivity contribution < 1.29 is 0 Å². The second kappa shape index (κ2) is 15.2. The first-order chi connectivity index (χ1) is 11.1. The molecule has 0 amide bonds. The molecule has 0 saturated carbocycles. The smallest absolute Gasteiger partial charge is 0.0185 e. The molecule has 0 bridgehead atoms. The largest absolute Gasteiger partial charge is 0.325 e. The molecule has 2 N–H and O–H groups in total. The second-order valence-electron chi connectivity index (χ2n) is 7.57. The van der Waals surface area contributed by atoms with E-state index >= 15 is 0 Å². The summed E-state index contributed by atoms with van der Waals surface area (Å²) in [4.78, 5) is 0. The molecule has 1 atom stereocenters. The van der Waals surface area contributed by atoms with Gasteiger partial charge in [-0.25, -0.2) is 0 Å². The third-order valence-electron chi connectivity index (χ3n) is 5.41. The van der Waals surface area contributed by atoms with E-state index in [1.54, 1.807) is 0 Å². The van der Waals surface area contributed by atoms with Crippen molar-refractivity contribution in [1.82, 2.24) is 0 Å². The maximum Gasteiger partial charge on any atom is 0.0185 e. The number of rotatable bonds is 17. The zero-order chi connectivity index (χ0) is 17.4. The fourth-order valence-electron chi connectivity index (χ4n) is 3.73. The monoisotopic (exact) mass is 323 g/mol. The van der Waals surface area contributed by atoms with Crippen molar-refractivity contribution in [2.24, 2.45) is 11.7 Å². The van der Waals surface area contributed by atoms with Gasteiger partial charge >= 0.3 is 0 Å². The molecule has 0 rings (SSSR count). The van der Waals surface area contributed by atoms with Crippen molar-refractivity contribution in [3.63, 3.8) is 0 Å². The molecule has 0 radical (unpaired) electrons. The summed E-state index contributed by atoms with van der Waals surface area (Å²) in [5.41, 5.74) is 6.98. The molecular weight excluding hydrogens is 278 g/mol. The summed E-state index contributed by atoms with van der Waals surface area (Å²) in [5.74, 6) is 0.633. The van der Waals surface area contributed by atoms with Gasteiger partial charge in [0.05, 0.1) is 0 Å². The maximum atomic E-state index is 6.93. The van der Waals surface area contributed by atoms with Crippen molar-refractivity contribution in [1.29, 1.82) is 0 Å². The van der Waals surface area contributed by atoms with Gasteiger partial charge in [-0.3, -0.25) is 0 Å². The van der Waals surface area contributed by atoms with Gasteiger partial charge in [-0.15, -0.1) is 6.58 Å². The molecule has 0 aromatic carbocycles. The van der Waals surface area contributed by atoms with Crippen molar-refractivity contribution in [3.8, 4) is 0 Å². The highest BCUT2D eigenvalue weighted by molar-refractivity contribution is 4.94. The van der Waals surface area contributed by atoms with Crippen LogP contribution in [0.3, 0.4) is 0 Å². The van der Waals surface area contributed by atoms with Gasteiger partial charge in [-0.1, -0.05) is 97.5 Å². The van der Waals surface area contributed by atoms with Gasteiger partial charge in [0.2, 0.25) is 0 Å². The first kappa shape index (κ1) is 22.7. The van der Waals surface area contributed by atoms with Crippen LogP contribution in [-0.4, -0.2) is 5.54 Å². The molecule has 138 valence electrons. The second-order valence-corrected chi connectivity index (χ2v) is 7.57. The van der Waals surface area contributed by atoms with Crippen molar-refractivity contribution >= 4 is 0 Å². The minimum absolute atomic E-state index is 0.0441. The first-order valence-corrected chi connectivity index (χ1v) is 10.5. The molecule has 0 saturated heterocycles. The van der Waals surface area contributed by atoms with Crippen LogP contribution in [0.1, 0.15) is 117 Å². The van der Waals surface area contributed by atoms with Crippen LogP contribution in [0, 0.1) is 5.92 Å². The van der Waals surface area contributed by atoms with Gasteiger partial charge < -0.3 is 5.73 Å². The molecule has 0 aromatic heterocycles. The van der Waals surface area contributed by atoms with Gasteiger partial charge in [0.1, 0.15) is 0 Å². The van der Waals surface area contributed by atoms with Gasteiger partial charge in [0.15, 0.2) is 0 Å². The predicted octanol–water partition coefficient (Wildman–Crippen LogP) is 7.40. The first-order valence-electron chi connectivity index (χ1n) is 10.5. The van der Waals surface area contributed by atoms with E-state index < -0.39 is 0 Å². The Balaban J connectivity index is 4.35. The average molecular weight is 324 g/mol. The van der Waals surface area contributed by atoms with E-state index in [1.807, 2.05) is 0 Å². The Morgan fingerprint density at radius 3 is 1.74 bits per heavy atom. The lowest BCUT2D eigenvalue weighted by atomic mass is 9.73. The van der Waals surface area contributed by atoms with E-state index in [9.17, 15) is 0 Å².